The number of anilines is 2. The Bertz CT molecular complexity index is 795. The Morgan fingerprint density at radius 3 is 2.04 bits per heavy atom. The van der Waals surface area contributed by atoms with E-state index in [1.807, 2.05) is 63.4 Å². The number of benzene rings is 2. The van der Waals surface area contributed by atoms with Crippen molar-refractivity contribution in [1.82, 2.24) is 0 Å². The van der Waals surface area contributed by atoms with E-state index in [9.17, 15) is 9.59 Å². The highest BCUT2D eigenvalue weighted by Gasteiger charge is 2.17. The number of aryl methyl sites for hydroxylation is 2. The lowest BCUT2D eigenvalue weighted by molar-refractivity contribution is -0.862. The number of hydrogen-bond donors (Lipinski definition) is 3. The first kappa shape index (κ1) is 20.6. The van der Waals surface area contributed by atoms with Crippen molar-refractivity contribution in [1.29, 1.82) is 0 Å². The maximum atomic E-state index is 12.4. The number of carbonyl (C=O) groups is 2. The number of likely N-dealkylation sites (N-methyl/N-ethyl adjacent to an activating group) is 1. The van der Waals surface area contributed by atoms with Crippen molar-refractivity contribution in [3.63, 3.8) is 0 Å². The molecule has 0 fully saturated rings. The van der Waals surface area contributed by atoms with Crippen LogP contribution < -0.4 is 15.5 Å². The number of amides is 2. The molecule has 0 spiro atoms. The van der Waals surface area contributed by atoms with Gasteiger partial charge in [0.25, 0.3) is 11.8 Å². The van der Waals surface area contributed by atoms with Gasteiger partial charge in [-0.15, -0.1) is 0 Å². The quantitative estimate of drug-likeness (QED) is 0.703. The molecule has 3 N–H and O–H groups in total. The van der Waals surface area contributed by atoms with Crippen molar-refractivity contribution in [2.75, 3.05) is 30.8 Å². The van der Waals surface area contributed by atoms with Crippen molar-refractivity contribution in [3.05, 3.63) is 59.2 Å². The molecule has 0 saturated carbocycles. The lowest BCUT2D eigenvalue weighted by Gasteiger charge is -2.17. The fourth-order valence-electron chi connectivity index (χ4n) is 3.11. The van der Waals surface area contributed by atoms with Crippen molar-refractivity contribution < 1.29 is 14.5 Å². The average molecular weight is 369 g/mol. The number of hydrogen-bond acceptors (Lipinski definition) is 2. The predicted molar refractivity (Wildman–Crippen MR) is 110 cm³/mol. The van der Waals surface area contributed by atoms with Gasteiger partial charge < -0.3 is 15.5 Å². The number of para-hydroxylation sites is 2. The Morgan fingerprint density at radius 1 is 0.889 bits per heavy atom. The summed E-state index contributed by atoms with van der Waals surface area (Å²) in [5.74, 6) is 0.135. The molecule has 5 nitrogen and oxygen atoms in total. The van der Waals surface area contributed by atoms with Gasteiger partial charge in [-0.3, -0.25) is 9.59 Å². The molecular formula is C22H30N3O2+. The summed E-state index contributed by atoms with van der Waals surface area (Å²) in [6, 6.07) is 13.7. The second-order valence-corrected chi connectivity index (χ2v) is 7.42. The van der Waals surface area contributed by atoms with Crippen LogP contribution in [0.25, 0.3) is 0 Å². The van der Waals surface area contributed by atoms with E-state index in [1.54, 1.807) is 0 Å². The van der Waals surface area contributed by atoms with E-state index in [2.05, 4.69) is 24.5 Å². The molecule has 0 bridgehead atoms. The number of rotatable bonds is 7. The molecule has 144 valence electrons. The number of nitrogens with one attached hydrogen (secondary N) is 3. The molecule has 0 aliphatic rings. The molecule has 0 aliphatic heterocycles. The minimum absolute atomic E-state index is 0.0968. The molecule has 2 aromatic carbocycles. The van der Waals surface area contributed by atoms with Gasteiger partial charge in [0, 0.05) is 11.4 Å². The monoisotopic (exact) mass is 368 g/mol. The maximum absolute atomic E-state index is 12.4. The molecule has 2 rings (SSSR count). The first-order chi connectivity index (χ1) is 12.8. The Morgan fingerprint density at radius 2 is 1.44 bits per heavy atom. The molecule has 27 heavy (non-hydrogen) atoms. The van der Waals surface area contributed by atoms with E-state index in [-0.39, 0.29) is 24.9 Å². The predicted octanol–water partition coefficient (Wildman–Crippen LogP) is 2.52. The molecule has 2 amide bonds. The zero-order valence-electron chi connectivity index (χ0n) is 16.8. The van der Waals surface area contributed by atoms with Crippen molar-refractivity contribution >= 4 is 23.2 Å². The standard InChI is InChI=1S/C22H29N3O2/c1-15(2)18-11-6-7-12-19(18)23-20(26)13-25(5)14-21(27)24-22-16(3)9-8-10-17(22)4/h6-12,15H,13-14H2,1-5H3,(H,23,26)(H,24,27)/p+1. The smallest absolute Gasteiger partial charge is 0.279 e. The average Bonchev–Trinajstić information content (AvgIpc) is 2.58. The van der Waals surface area contributed by atoms with E-state index in [1.165, 1.54) is 0 Å². The summed E-state index contributed by atoms with van der Waals surface area (Å²) in [4.78, 5) is 25.6. The molecule has 5 heteroatoms. The van der Waals surface area contributed by atoms with Crippen molar-refractivity contribution in [3.8, 4) is 0 Å². The van der Waals surface area contributed by atoms with E-state index in [4.69, 9.17) is 0 Å². The molecular weight excluding hydrogens is 338 g/mol. The SMILES string of the molecule is Cc1cccc(C)c1NC(=O)C[NH+](C)CC(=O)Nc1ccccc1C(C)C. The van der Waals surface area contributed by atoms with Crippen LogP contribution in [0.4, 0.5) is 11.4 Å². The lowest BCUT2D eigenvalue weighted by Crippen LogP contribution is -3.11. The zero-order chi connectivity index (χ0) is 20.0. The Hall–Kier alpha value is -2.66. The number of carbonyl (C=O) groups excluding carboxylic acids is 2. The molecule has 0 heterocycles. The Labute approximate surface area is 161 Å². The van der Waals surface area contributed by atoms with Gasteiger partial charge in [0.05, 0.1) is 7.05 Å². The third-order valence-corrected chi connectivity index (χ3v) is 4.53. The fraction of sp³-hybridized carbons (Fsp3) is 0.364. The summed E-state index contributed by atoms with van der Waals surface area (Å²) in [5, 5.41) is 5.94. The molecule has 0 aliphatic carbocycles. The van der Waals surface area contributed by atoms with Gasteiger partial charge in [-0.25, -0.2) is 0 Å². The topological polar surface area (TPSA) is 62.6 Å². The van der Waals surface area contributed by atoms with Gasteiger partial charge in [-0.05, 0) is 42.5 Å². The van der Waals surface area contributed by atoms with E-state index in [0.717, 1.165) is 33.0 Å². The van der Waals surface area contributed by atoms with Crippen LogP contribution in [-0.2, 0) is 9.59 Å². The fourth-order valence-corrected chi connectivity index (χ4v) is 3.11. The van der Waals surface area contributed by atoms with Gasteiger partial charge in [-0.1, -0.05) is 50.2 Å². The van der Waals surface area contributed by atoms with E-state index in [0.29, 0.717) is 5.92 Å². The normalized spacial score (nSPS) is 11.9. The molecule has 0 aromatic heterocycles. The zero-order valence-corrected chi connectivity index (χ0v) is 16.8. The summed E-state index contributed by atoms with van der Waals surface area (Å²) in [6.45, 7) is 8.59. The van der Waals surface area contributed by atoms with Crippen LogP contribution in [0, 0.1) is 13.8 Å². The summed E-state index contributed by atoms with van der Waals surface area (Å²) in [5.41, 5.74) is 4.86. The molecule has 1 unspecified atom stereocenters. The summed E-state index contributed by atoms with van der Waals surface area (Å²) in [6.07, 6.45) is 0. The summed E-state index contributed by atoms with van der Waals surface area (Å²) >= 11 is 0. The van der Waals surface area contributed by atoms with Crippen LogP contribution in [-0.4, -0.2) is 32.0 Å². The highest BCUT2D eigenvalue weighted by atomic mass is 16.2. The van der Waals surface area contributed by atoms with E-state index < -0.39 is 0 Å². The van der Waals surface area contributed by atoms with Crippen LogP contribution >= 0.6 is 0 Å². The van der Waals surface area contributed by atoms with Crippen LogP contribution in [0.1, 0.15) is 36.5 Å². The second-order valence-electron chi connectivity index (χ2n) is 7.42. The summed E-state index contributed by atoms with van der Waals surface area (Å²) < 4.78 is 0. The maximum Gasteiger partial charge on any atom is 0.279 e. The van der Waals surface area contributed by atoms with Crippen LogP contribution in [0.3, 0.4) is 0 Å². The summed E-state index contributed by atoms with van der Waals surface area (Å²) in [7, 11) is 1.85. The third-order valence-electron chi connectivity index (χ3n) is 4.53. The largest absolute Gasteiger partial charge is 0.322 e. The Kier molecular flexibility index (Phi) is 7.13. The first-order valence-corrected chi connectivity index (χ1v) is 9.34. The molecule has 0 radical (unpaired) electrons. The van der Waals surface area contributed by atoms with Crippen LogP contribution in [0.5, 0.6) is 0 Å². The number of quaternary nitrogens is 1. The second kappa shape index (κ2) is 9.33. The van der Waals surface area contributed by atoms with Gasteiger partial charge in [-0.2, -0.15) is 0 Å². The van der Waals surface area contributed by atoms with E-state index >= 15 is 0 Å². The first-order valence-electron chi connectivity index (χ1n) is 9.34. The van der Waals surface area contributed by atoms with Gasteiger partial charge in [0.1, 0.15) is 0 Å². The Balaban J connectivity index is 1.91. The third kappa shape index (κ3) is 5.93. The lowest BCUT2D eigenvalue weighted by atomic mass is 10.0. The minimum Gasteiger partial charge on any atom is -0.322 e. The van der Waals surface area contributed by atoms with Crippen molar-refractivity contribution in [2.24, 2.45) is 0 Å². The van der Waals surface area contributed by atoms with Crippen LogP contribution in [0.2, 0.25) is 0 Å². The van der Waals surface area contributed by atoms with Gasteiger partial charge in [0.2, 0.25) is 0 Å². The van der Waals surface area contributed by atoms with Crippen molar-refractivity contribution in [2.45, 2.75) is 33.6 Å². The highest BCUT2D eigenvalue weighted by Crippen LogP contribution is 2.23. The van der Waals surface area contributed by atoms with Crippen LogP contribution in [0.15, 0.2) is 42.5 Å². The molecule has 0 saturated heterocycles. The van der Waals surface area contributed by atoms with Gasteiger partial charge in [0.15, 0.2) is 13.1 Å². The van der Waals surface area contributed by atoms with Gasteiger partial charge >= 0.3 is 0 Å². The highest BCUT2D eigenvalue weighted by molar-refractivity contribution is 5.94. The molecule has 1 atom stereocenters. The molecule has 2 aromatic rings. The minimum atomic E-state index is -0.0970.